The lowest BCUT2D eigenvalue weighted by atomic mass is 10.1. The van der Waals surface area contributed by atoms with Crippen molar-refractivity contribution in [2.24, 2.45) is 4.99 Å². The Labute approximate surface area is 130 Å². The van der Waals surface area contributed by atoms with Gasteiger partial charge in [-0.05, 0) is 80.3 Å². The molecule has 0 saturated heterocycles. The molecular formula is C10H8I3NO. The molecule has 1 aromatic rings. The van der Waals surface area contributed by atoms with Crippen LogP contribution in [0.25, 0.3) is 0 Å². The lowest BCUT2D eigenvalue weighted by molar-refractivity contribution is 0.389. The Balaban J connectivity index is 2.81. The fraction of sp³-hybridized carbons (Fsp3) is 0.300. The smallest absolute Gasteiger partial charge is 0.144 e. The Morgan fingerprint density at radius 2 is 1.80 bits per heavy atom. The normalized spacial score (nSPS) is 16.7. The summed E-state index contributed by atoms with van der Waals surface area (Å²) < 4.78 is 9.46. The Kier molecular flexibility index (Phi) is 3.81. The molecule has 0 radical (unpaired) electrons. The van der Waals surface area contributed by atoms with Crippen LogP contribution in [0.2, 0.25) is 0 Å². The van der Waals surface area contributed by atoms with Crippen LogP contribution >= 0.6 is 67.8 Å². The average molecular weight is 539 g/mol. The van der Waals surface area contributed by atoms with E-state index in [0.29, 0.717) is 6.61 Å². The maximum atomic E-state index is 5.70. The van der Waals surface area contributed by atoms with Gasteiger partial charge < -0.3 is 4.74 Å². The summed E-state index contributed by atoms with van der Waals surface area (Å²) >= 11 is 7.11. The van der Waals surface area contributed by atoms with Crippen LogP contribution in [0.4, 0.5) is 0 Å². The molecule has 0 spiro atoms. The Morgan fingerprint density at radius 1 is 1.13 bits per heavy atom. The molecule has 0 N–H and O–H groups in total. The predicted octanol–water partition coefficient (Wildman–Crippen LogP) is 3.62. The highest BCUT2D eigenvalue weighted by molar-refractivity contribution is 14.1. The average Bonchev–Trinajstić information content (AvgIpc) is 2.67. The number of rotatable bonds is 0. The number of aliphatic imine (C=N–C) groups is 1. The van der Waals surface area contributed by atoms with Crippen LogP contribution in [0.5, 0.6) is 5.75 Å². The van der Waals surface area contributed by atoms with Gasteiger partial charge in [0.2, 0.25) is 0 Å². The molecule has 5 heteroatoms. The Hall–Kier alpha value is 0.880. The first-order valence-electron chi connectivity index (χ1n) is 4.33. The van der Waals surface area contributed by atoms with E-state index in [1.165, 1.54) is 21.8 Å². The monoisotopic (exact) mass is 539 g/mol. The number of hydrogen-bond donors (Lipinski definition) is 0. The van der Waals surface area contributed by atoms with Gasteiger partial charge in [0.25, 0.3) is 0 Å². The molecule has 1 aromatic carbocycles. The van der Waals surface area contributed by atoms with Crippen LogP contribution in [0, 0.1) is 17.6 Å². The molecule has 0 amide bonds. The van der Waals surface area contributed by atoms with Crippen molar-refractivity contribution in [2.75, 3.05) is 13.7 Å². The molecule has 1 heterocycles. The summed E-state index contributed by atoms with van der Waals surface area (Å²) in [6, 6.07) is 0. The molecule has 0 aliphatic carbocycles. The highest BCUT2D eigenvalue weighted by atomic mass is 127. The van der Waals surface area contributed by atoms with E-state index in [9.17, 15) is 0 Å². The topological polar surface area (TPSA) is 21.6 Å². The first-order valence-corrected chi connectivity index (χ1v) is 7.57. The van der Waals surface area contributed by atoms with Crippen LogP contribution in [0.3, 0.4) is 0 Å². The molecular weight excluding hydrogens is 531 g/mol. The molecule has 0 saturated carbocycles. The third-order valence-electron chi connectivity index (χ3n) is 2.41. The molecule has 0 aromatic heterocycles. The lowest BCUT2D eigenvalue weighted by Crippen LogP contribution is -2.04. The van der Waals surface area contributed by atoms with Crippen LogP contribution in [-0.2, 0) is 0 Å². The minimum Gasteiger partial charge on any atom is -0.485 e. The summed E-state index contributed by atoms with van der Waals surface area (Å²) in [6.07, 6.45) is 0. The number of ether oxygens (including phenoxy) is 1. The van der Waals surface area contributed by atoms with Crippen molar-refractivity contribution < 1.29 is 4.74 Å². The largest absolute Gasteiger partial charge is 0.485 e. The molecule has 2 nitrogen and oxygen atoms in total. The van der Waals surface area contributed by atoms with E-state index in [2.05, 4.69) is 79.7 Å². The maximum absolute atomic E-state index is 5.70. The lowest BCUT2D eigenvalue weighted by Gasteiger charge is -2.10. The second kappa shape index (κ2) is 4.63. The summed E-state index contributed by atoms with van der Waals surface area (Å²) in [5, 5.41) is 0. The third kappa shape index (κ3) is 1.92. The van der Waals surface area contributed by atoms with Gasteiger partial charge in [-0.2, -0.15) is 0 Å². The first kappa shape index (κ1) is 12.3. The van der Waals surface area contributed by atoms with E-state index in [0.717, 1.165) is 11.5 Å². The number of hydrogen-bond acceptors (Lipinski definition) is 2. The minimum atomic E-state index is 0.609. The predicted molar refractivity (Wildman–Crippen MR) is 87.3 cm³/mol. The molecule has 0 bridgehead atoms. The zero-order valence-electron chi connectivity index (χ0n) is 8.20. The number of benzene rings is 1. The molecule has 0 fully saturated rings. The first-order chi connectivity index (χ1) is 7.07. The molecule has 80 valence electrons. The summed E-state index contributed by atoms with van der Waals surface area (Å²) in [5.74, 6) is 1.01. The van der Waals surface area contributed by atoms with E-state index in [4.69, 9.17) is 4.74 Å². The van der Waals surface area contributed by atoms with Crippen molar-refractivity contribution in [3.63, 3.8) is 0 Å². The summed E-state index contributed by atoms with van der Waals surface area (Å²) in [5.41, 5.74) is 3.58. The van der Waals surface area contributed by atoms with Crippen LogP contribution in [0.1, 0.15) is 11.1 Å². The van der Waals surface area contributed by atoms with Crippen LogP contribution in [0.15, 0.2) is 4.99 Å². The second-order valence-corrected chi connectivity index (χ2v) is 6.47. The standard InChI is InChI=1S/C10H8I3NO/c1-4-7(11)6-5(14-2)3-15-10(6)9(13)8(4)12/h3H2,1-2H3. The number of halogens is 3. The second-order valence-electron chi connectivity index (χ2n) is 3.23. The molecule has 0 atom stereocenters. The fourth-order valence-electron chi connectivity index (χ4n) is 1.54. The van der Waals surface area contributed by atoms with Gasteiger partial charge in [-0.1, -0.05) is 0 Å². The maximum Gasteiger partial charge on any atom is 0.144 e. The van der Waals surface area contributed by atoms with Gasteiger partial charge in [0.15, 0.2) is 0 Å². The Bertz CT molecular complexity index is 468. The van der Waals surface area contributed by atoms with Crippen molar-refractivity contribution in [2.45, 2.75) is 6.92 Å². The van der Waals surface area contributed by atoms with E-state index in [1.807, 2.05) is 7.05 Å². The van der Waals surface area contributed by atoms with Crippen LogP contribution in [-0.4, -0.2) is 19.4 Å². The molecule has 1 aliphatic heterocycles. The molecule has 1 aliphatic rings. The summed E-state index contributed by atoms with van der Waals surface area (Å²) in [6.45, 7) is 2.76. The Morgan fingerprint density at radius 3 is 2.40 bits per heavy atom. The quantitative estimate of drug-likeness (QED) is 0.365. The highest BCUT2D eigenvalue weighted by Gasteiger charge is 2.27. The van der Waals surface area contributed by atoms with Crippen molar-refractivity contribution >= 4 is 73.5 Å². The van der Waals surface area contributed by atoms with E-state index in [-0.39, 0.29) is 0 Å². The van der Waals surface area contributed by atoms with Gasteiger partial charge in [-0.25, -0.2) is 0 Å². The molecule has 15 heavy (non-hydrogen) atoms. The fourth-order valence-corrected chi connectivity index (χ4v) is 4.23. The van der Waals surface area contributed by atoms with Crippen LogP contribution < -0.4 is 4.74 Å². The van der Waals surface area contributed by atoms with E-state index in [1.54, 1.807) is 0 Å². The molecule has 0 unspecified atom stereocenters. The van der Waals surface area contributed by atoms with Crippen molar-refractivity contribution in [3.05, 3.63) is 21.8 Å². The summed E-state index contributed by atoms with van der Waals surface area (Å²) in [4.78, 5) is 4.28. The van der Waals surface area contributed by atoms with Gasteiger partial charge in [-0.3, -0.25) is 4.99 Å². The van der Waals surface area contributed by atoms with E-state index >= 15 is 0 Å². The SMILES string of the molecule is CN=C1COc2c(I)c(I)c(C)c(I)c21. The van der Waals surface area contributed by atoms with Crippen molar-refractivity contribution in [1.82, 2.24) is 0 Å². The number of nitrogens with zero attached hydrogens (tertiary/aromatic N) is 1. The van der Waals surface area contributed by atoms with Gasteiger partial charge >= 0.3 is 0 Å². The summed E-state index contributed by atoms with van der Waals surface area (Å²) in [7, 11) is 1.82. The van der Waals surface area contributed by atoms with Gasteiger partial charge in [0.05, 0.1) is 14.8 Å². The molecule has 2 rings (SSSR count). The number of fused-ring (bicyclic) bond motifs is 1. The van der Waals surface area contributed by atoms with Crippen molar-refractivity contribution in [3.8, 4) is 5.75 Å². The highest BCUT2D eigenvalue weighted by Crippen LogP contribution is 2.39. The zero-order chi connectivity index (χ0) is 11.2. The van der Waals surface area contributed by atoms with E-state index < -0.39 is 0 Å². The van der Waals surface area contributed by atoms with Gasteiger partial charge in [0, 0.05) is 14.2 Å². The van der Waals surface area contributed by atoms with Gasteiger partial charge in [-0.15, -0.1) is 0 Å². The van der Waals surface area contributed by atoms with Gasteiger partial charge in [0.1, 0.15) is 12.4 Å². The van der Waals surface area contributed by atoms with Crippen molar-refractivity contribution in [1.29, 1.82) is 0 Å². The minimum absolute atomic E-state index is 0.609. The zero-order valence-corrected chi connectivity index (χ0v) is 14.7. The third-order valence-corrected chi connectivity index (χ3v) is 7.17.